The summed E-state index contributed by atoms with van der Waals surface area (Å²) < 4.78 is 13.7. The first-order valence-corrected chi connectivity index (χ1v) is 14.1. The summed E-state index contributed by atoms with van der Waals surface area (Å²) in [6.45, 7) is 3.93. The van der Waals surface area contributed by atoms with Gasteiger partial charge >= 0.3 is 0 Å². The molecule has 3 N–H and O–H groups in total. The van der Waals surface area contributed by atoms with E-state index in [2.05, 4.69) is 20.5 Å². The van der Waals surface area contributed by atoms with Gasteiger partial charge < -0.3 is 10.4 Å². The first-order valence-electron chi connectivity index (χ1n) is 14.1. The average Bonchev–Trinajstić information content (AvgIpc) is 3.37. The molecule has 2 unspecified atom stereocenters. The zero-order valence-corrected chi connectivity index (χ0v) is 23.3. The smallest absolute Gasteiger partial charge is 0.269 e. The number of aromatic nitrogens is 3. The summed E-state index contributed by atoms with van der Waals surface area (Å²) >= 11 is 0. The van der Waals surface area contributed by atoms with Crippen molar-refractivity contribution in [2.24, 2.45) is 21.7 Å². The van der Waals surface area contributed by atoms with Crippen LogP contribution in [0.4, 0.5) is 10.2 Å². The fourth-order valence-corrected chi connectivity index (χ4v) is 6.20. The van der Waals surface area contributed by atoms with E-state index < -0.39 is 17.3 Å². The largest absolute Gasteiger partial charge is 0.396 e. The SMILES string of the molecule is CC(C)(CO)CNC(=O)c1[nH]nc2c1C(/C=C/c1ccc(-c3cccc(F)c3)cn1)C1C(=O)CC3(CCC3)CC1=N2. The topological polar surface area (TPSA) is 120 Å². The highest BCUT2D eigenvalue weighted by Gasteiger charge is 2.51. The number of H-pyrrole nitrogens is 1. The number of benzene rings is 1. The fourth-order valence-electron chi connectivity index (χ4n) is 6.20. The number of aliphatic hydroxyl groups is 1. The van der Waals surface area contributed by atoms with Crippen LogP contribution in [0.3, 0.4) is 0 Å². The number of pyridine rings is 1. The number of rotatable bonds is 7. The number of halogens is 1. The van der Waals surface area contributed by atoms with Crippen LogP contribution in [0, 0.1) is 22.6 Å². The number of carbonyl (C=O) groups excluding carboxylic acids is 2. The number of carbonyl (C=O) groups is 2. The molecule has 3 aromatic rings. The van der Waals surface area contributed by atoms with Crippen molar-refractivity contribution < 1.29 is 19.1 Å². The number of fused-ring (bicyclic) bond motifs is 2. The zero-order chi connectivity index (χ0) is 28.8. The number of Topliss-reactive ketones (excluding diaryl/α,β-unsaturated/α-hetero) is 1. The van der Waals surface area contributed by atoms with Crippen molar-refractivity contribution in [2.45, 2.75) is 51.9 Å². The van der Waals surface area contributed by atoms with Gasteiger partial charge in [0.15, 0.2) is 5.82 Å². The monoisotopic (exact) mass is 555 g/mol. The van der Waals surface area contributed by atoms with Gasteiger partial charge in [0.05, 0.1) is 11.6 Å². The molecule has 2 fully saturated rings. The van der Waals surface area contributed by atoms with Crippen LogP contribution in [-0.2, 0) is 4.79 Å². The summed E-state index contributed by atoms with van der Waals surface area (Å²) in [5.41, 5.74) is 3.46. The highest BCUT2D eigenvalue weighted by Crippen LogP contribution is 2.55. The maximum atomic E-state index is 13.7. The molecule has 8 nitrogen and oxygen atoms in total. The minimum atomic E-state index is -0.486. The Labute approximate surface area is 238 Å². The van der Waals surface area contributed by atoms with E-state index in [-0.39, 0.29) is 41.8 Å². The van der Waals surface area contributed by atoms with Crippen molar-refractivity contribution in [2.75, 3.05) is 13.2 Å². The summed E-state index contributed by atoms with van der Waals surface area (Å²) in [5.74, 6) is -0.965. The molecule has 6 rings (SSSR count). The molecular weight excluding hydrogens is 521 g/mol. The van der Waals surface area contributed by atoms with Crippen LogP contribution in [-0.4, -0.2) is 50.8 Å². The number of aromatic amines is 1. The van der Waals surface area contributed by atoms with Crippen LogP contribution in [0.25, 0.3) is 17.2 Å². The van der Waals surface area contributed by atoms with E-state index in [9.17, 15) is 19.1 Å². The van der Waals surface area contributed by atoms with E-state index in [4.69, 9.17) is 4.99 Å². The van der Waals surface area contributed by atoms with Gasteiger partial charge in [-0.25, -0.2) is 9.38 Å². The van der Waals surface area contributed by atoms with Crippen molar-refractivity contribution in [3.8, 4) is 11.1 Å². The second-order valence-corrected chi connectivity index (χ2v) is 12.5. The molecule has 41 heavy (non-hydrogen) atoms. The molecule has 2 aliphatic carbocycles. The zero-order valence-electron chi connectivity index (χ0n) is 23.3. The van der Waals surface area contributed by atoms with Gasteiger partial charge in [0.25, 0.3) is 5.91 Å². The molecule has 212 valence electrons. The summed E-state index contributed by atoms with van der Waals surface area (Å²) in [6, 6.07) is 10.1. The minimum absolute atomic E-state index is 0.0128. The molecule has 0 saturated heterocycles. The van der Waals surface area contributed by atoms with Gasteiger partial charge in [0.2, 0.25) is 0 Å². The molecular formula is C32H34FN5O3. The number of ketones is 1. The normalized spacial score (nSPS) is 21.3. The highest BCUT2D eigenvalue weighted by molar-refractivity contribution is 6.12. The molecule has 2 saturated carbocycles. The number of hydrogen-bond donors (Lipinski definition) is 3. The third-order valence-corrected chi connectivity index (χ3v) is 8.75. The van der Waals surface area contributed by atoms with Crippen molar-refractivity contribution in [3.05, 3.63) is 71.4 Å². The van der Waals surface area contributed by atoms with Gasteiger partial charge in [0, 0.05) is 53.9 Å². The molecule has 3 heterocycles. The van der Waals surface area contributed by atoms with Crippen LogP contribution in [0.2, 0.25) is 0 Å². The first-order chi connectivity index (χ1) is 19.7. The lowest BCUT2D eigenvalue weighted by molar-refractivity contribution is -0.126. The van der Waals surface area contributed by atoms with Crippen molar-refractivity contribution in [1.82, 2.24) is 20.5 Å². The van der Waals surface area contributed by atoms with E-state index in [1.807, 2.05) is 44.2 Å². The van der Waals surface area contributed by atoms with Crippen LogP contribution < -0.4 is 5.32 Å². The van der Waals surface area contributed by atoms with Crippen molar-refractivity contribution in [1.29, 1.82) is 0 Å². The maximum Gasteiger partial charge on any atom is 0.269 e. The van der Waals surface area contributed by atoms with E-state index in [0.29, 0.717) is 23.5 Å². The lowest BCUT2D eigenvalue weighted by Crippen LogP contribution is -2.47. The fraction of sp³-hybridized carbons (Fsp3) is 0.406. The second-order valence-electron chi connectivity index (χ2n) is 12.5. The Balaban J connectivity index is 1.33. The summed E-state index contributed by atoms with van der Waals surface area (Å²) in [6.07, 6.45) is 9.99. The van der Waals surface area contributed by atoms with Gasteiger partial charge in [-0.3, -0.25) is 19.7 Å². The summed E-state index contributed by atoms with van der Waals surface area (Å²) in [7, 11) is 0. The first kappa shape index (κ1) is 27.2. The van der Waals surface area contributed by atoms with Crippen LogP contribution in [0.1, 0.15) is 73.6 Å². The predicted octanol–water partition coefficient (Wildman–Crippen LogP) is 5.39. The maximum absolute atomic E-state index is 13.7. The molecule has 1 aliphatic heterocycles. The van der Waals surface area contributed by atoms with Gasteiger partial charge in [-0.1, -0.05) is 44.5 Å². The molecule has 9 heteroatoms. The van der Waals surface area contributed by atoms with E-state index in [1.54, 1.807) is 12.3 Å². The predicted molar refractivity (Wildman–Crippen MR) is 154 cm³/mol. The Morgan fingerprint density at radius 1 is 1.22 bits per heavy atom. The number of aliphatic hydroxyl groups excluding tert-OH is 1. The van der Waals surface area contributed by atoms with Crippen LogP contribution >= 0.6 is 0 Å². The Hall–Kier alpha value is -3.98. The quantitative estimate of drug-likeness (QED) is 0.361. The lowest BCUT2D eigenvalue weighted by Gasteiger charge is -2.48. The number of hydrogen-bond acceptors (Lipinski definition) is 6. The Bertz CT molecular complexity index is 1550. The van der Waals surface area contributed by atoms with Crippen LogP contribution in [0.15, 0.2) is 53.7 Å². The number of allylic oxidation sites excluding steroid dienone is 1. The number of aliphatic imine (C=N–C) groups is 1. The molecule has 1 amide bonds. The molecule has 2 aromatic heterocycles. The second kappa shape index (κ2) is 10.4. The third-order valence-electron chi connectivity index (χ3n) is 8.75. The standard InChI is InChI=1S/C32H34FN5O3/c1-31(2,18-39)17-35-30(41)28-27-23(10-9-22-8-7-20(16-34-22)19-5-3-6-21(33)13-19)26-24(36-29(27)38-37-28)14-32(11-4-12-32)15-25(26)40/h3,5-10,13,16,23,26,39H,4,11-12,14-15,17-18H2,1-2H3,(H,35,41)(H,37,38)/b10-9+. The van der Waals surface area contributed by atoms with Gasteiger partial charge in [-0.15, -0.1) is 0 Å². The van der Waals surface area contributed by atoms with E-state index >= 15 is 0 Å². The number of amides is 1. The Morgan fingerprint density at radius 2 is 2.05 bits per heavy atom. The highest BCUT2D eigenvalue weighted by atomic mass is 19.1. The van der Waals surface area contributed by atoms with Gasteiger partial charge in [-0.05, 0) is 54.5 Å². The van der Waals surface area contributed by atoms with Gasteiger partial charge in [-0.2, -0.15) is 5.10 Å². The molecule has 3 aliphatic rings. The van der Waals surface area contributed by atoms with Crippen LogP contribution in [0.5, 0.6) is 0 Å². The van der Waals surface area contributed by atoms with Crippen molar-refractivity contribution >= 4 is 29.3 Å². The van der Waals surface area contributed by atoms with Crippen molar-refractivity contribution in [3.63, 3.8) is 0 Å². The number of nitrogens with one attached hydrogen (secondary N) is 2. The molecule has 0 bridgehead atoms. The molecule has 1 aromatic carbocycles. The number of nitrogens with zero attached hydrogens (tertiary/aromatic N) is 3. The summed E-state index contributed by atoms with van der Waals surface area (Å²) in [4.78, 5) is 36.4. The Kier molecular flexibility index (Phi) is 6.93. The molecule has 0 radical (unpaired) electrons. The van der Waals surface area contributed by atoms with Gasteiger partial charge in [0.1, 0.15) is 17.3 Å². The van der Waals surface area contributed by atoms with E-state index in [1.165, 1.54) is 12.1 Å². The third kappa shape index (κ3) is 5.26. The average molecular weight is 556 g/mol. The molecule has 1 spiro atoms. The van der Waals surface area contributed by atoms with E-state index in [0.717, 1.165) is 42.5 Å². The molecule has 2 atom stereocenters. The minimum Gasteiger partial charge on any atom is -0.396 e. The lowest BCUT2D eigenvalue weighted by atomic mass is 9.56. The Morgan fingerprint density at radius 3 is 2.73 bits per heavy atom. The summed E-state index contributed by atoms with van der Waals surface area (Å²) in [5, 5.41) is 19.8.